The molecule has 0 heterocycles. The quantitative estimate of drug-likeness (QED) is 0.653. The van der Waals surface area contributed by atoms with Gasteiger partial charge in [-0.3, -0.25) is 9.59 Å². The molecule has 0 amide bonds. The molecule has 0 aliphatic rings. The van der Waals surface area contributed by atoms with Crippen molar-refractivity contribution < 1.29 is 16.1 Å². The molecule has 1 rings (SSSR count). The molecule has 0 saturated heterocycles. The molecule has 0 unspecified atom stereocenters. The van der Waals surface area contributed by atoms with E-state index in [1.807, 2.05) is 0 Å². The number of carboxylic acids is 1. The van der Waals surface area contributed by atoms with E-state index in [-0.39, 0.29) is 24.7 Å². The number of hydrogen-bond donors (Lipinski definition) is 2. The summed E-state index contributed by atoms with van der Waals surface area (Å²) in [7, 11) is 0. The van der Waals surface area contributed by atoms with E-state index in [4.69, 9.17) is 23.8 Å². The topological polar surface area (TPSA) is 80.4 Å². The third-order valence-electron chi connectivity index (χ3n) is 2.10. The third-order valence-corrected chi connectivity index (χ3v) is 2.34. The van der Waals surface area contributed by atoms with Crippen LogP contribution in [0.5, 0.6) is 0 Å². The Morgan fingerprint density at radius 1 is 1.59 bits per heavy atom. The molecular weight excluding hydrogens is 262 g/mol. The lowest BCUT2D eigenvalue weighted by atomic mass is 9.99. The van der Waals surface area contributed by atoms with Crippen LogP contribution in [0.2, 0.25) is 5.02 Å². The minimum atomic E-state index is -1.86. The molecular formula is C11H14ClNO3S. The SMILES string of the molecule is S.[2H][C@](C)(CC(=O)c1ccc(Cl)cc1N)C(=O)O. The number of nitrogens with two attached hydrogens (primary N) is 1. The fourth-order valence-electron chi connectivity index (χ4n) is 1.20. The van der Waals surface area contributed by atoms with E-state index in [9.17, 15) is 9.59 Å². The number of hydrogen-bond acceptors (Lipinski definition) is 3. The summed E-state index contributed by atoms with van der Waals surface area (Å²) >= 11 is 5.68. The second-order valence-corrected chi connectivity index (χ2v) is 3.85. The van der Waals surface area contributed by atoms with Crippen LogP contribution in [-0.4, -0.2) is 16.9 Å². The van der Waals surface area contributed by atoms with Gasteiger partial charge in [-0.1, -0.05) is 18.5 Å². The second kappa shape index (κ2) is 6.51. The highest BCUT2D eigenvalue weighted by Crippen LogP contribution is 2.20. The number of halogens is 1. The first-order chi connectivity index (χ1) is 7.74. The predicted octanol–water partition coefficient (Wildman–Crippen LogP) is 2.33. The Balaban J connectivity index is 0.00000289. The van der Waals surface area contributed by atoms with Crippen LogP contribution in [0.15, 0.2) is 18.2 Å². The van der Waals surface area contributed by atoms with Gasteiger partial charge in [0.05, 0.1) is 5.89 Å². The van der Waals surface area contributed by atoms with E-state index in [0.717, 1.165) is 0 Å². The molecule has 17 heavy (non-hydrogen) atoms. The number of carbonyl (C=O) groups is 2. The normalized spacial score (nSPS) is 14.1. The van der Waals surface area contributed by atoms with Crippen molar-refractivity contribution >= 4 is 42.5 Å². The summed E-state index contributed by atoms with van der Waals surface area (Å²) in [5.74, 6) is -3.69. The zero-order chi connectivity index (χ0) is 13.2. The highest BCUT2D eigenvalue weighted by atomic mass is 35.5. The van der Waals surface area contributed by atoms with Gasteiger partial charge < -0.3 is 10.8 Å². The summed E-state index contributed by atoms with van der Waals surface area (Å²) in [5.41, 5.74) is 5.98. The first kappa shape index (κ1) is 13.9. The number of rotatable bonds is 4. The Kier molecular flexibility index (Phi) is 5.31. The first-order valence-electron chi connectivity index (χ1n) is 5.05. The molecule has 0 aliphatic heterocycles. The van der Waals surface area contributed by atoms with Gasteiger partial charge in [0.25, 0.3) is 0 Å². The molecule has 0 saturated carbocycles. The summed E-state index contributed by atoms with van der Waals surface area (Å²) in [6.07, 6.45) is -0.436. The summed E-state index contributed by atoms with van der Waals surface area (Å²) < 4.78 is 7.49. The number of nitrogen functional groups attached to an aromatic ring is 1. The smallest absolute Gasteiger partial charge is 0.306 e. The van der Waals surface area contributed by atoms with E-state index in [0.29, 0.717) is 5.02 Å². The van der Waals surface area contributed by atoms with Gasteiger partial charge in [0.15, 0.2) is 5.78 Å². The Labute approximate surface area is 113 Å². The van der Waals surface area contributed by atoms with E-state index in [1.165, 1.54) is 25.1 Å². The standard InChI is InChI=1S/C11H12ClNO3.H2S/c1-6(11(15)16)4-10(14)8-3-2-7(12)5-9(8)13;/h2-3,5-6H,4,13H2,1H3,(H,15,16);1H2/t6-;/m0./s1/i6D;. The molecule has 3 N–H and O–H groups in total. The number of benzene rings is 1. The molecule has 0 fully saturated rings. The average molecular weight is 277 g/mol. The predicted molar refractivity (Wildman–Crippen MR) is 72.0 cm³/mol. The van der Waals surface area contributed by atoms with Crippen LogP contribution >= 0.6 is 25.1 Å². The Bertz CT molecular complexity index is 479. The van der Waals surface area contributed by atoms with Crippen molar-refractivity contribution in [1.82, 2.24) is 0 Å². The monoisotopic (exact) mass is 276 g/mol. The van der Waals surface area contributed by atoms with Crippen LogP contribution in [0.1, 0.15) is 25.1 Å². The highest BCUT2D eigenvalue weighted by molar-refractivity contribution is 7.59. The summed E-state index contributed by atoms with van der Waals surface area (Å²) in [6, 6.07) is 4.34. The van der Waals surface area contributed by atoms with Crippen molar-refractivity contribution in [3.63, 3.8) is 0 Å². The molecule has 1 aromatic carbocycles. The van der Waals surface area contributed by atoms with Crippen molar-refractivity contribution in [3.05, 3.63) is 28.8 Å². The lowest BCUT2D eigenvalue weighted by Crippen LogP contribution is -2.15. The maximum atomic E-state index is 11.8. The fraction of sp³-hybridized carbons (Fsp3) is 0.273. The van der Waals surface area contributed by atoms with Gasteiger partial charge >= 0.3 is 5.97 Å². The van der Waals surface area contributed by atoms with Crippen molar-refractivity contribution in [2.24, 2.45) is 5.89 Å². The van der Waals surface area contributed by atoms with Crippen LogP contribution in [0.3, 0.4) is 0 Å². The van der Waals surface area contributed by atoms with E-state index in [1.54, 1.807) is 0 Å². The van der Waals surface area contributed by atoms with Crippen molar-refractivity contribution in [3.8, 4) is 0 Å². The Morgan fingerprint density at radius 2 is 2.18 bits per heavy atom. The maximum absolute atomic E-state index is 11.8. The fourth-order valence-corrected chi connectivity index (χ4v) is 1.38. The number of ketones is 1. The Hall–Kier alpha value is -1.20. The van der Waals surface area contributed by atoms with Gasteiger partial charge in [-0.2, -0.15) is 13.5 Å². The molecule has 94 valence electrons. The van der Waals surface area contributed by atoms with Gasteiger partial charge in [0.2, 0.25) is 0 Å². The van der Waals surface area contributed by atoms with Crippen molar-refractivity contribution in [2.75, 3.05) is 5.73 Å². The first-order valence-corrected chi connectivity index (χ1v) is 4.93. The van der Waals surface area contributed by atoms with E-state index >= 15 is 0 Å². The van der Waals surface area contributed by atoms with Crippen molar-refractivity contribution in [2.45, 2.75) is 13.3 Å². The zero-order valence-electron chi connectivity index (χ0n) is 10.2. The molecule has 0 radical (unpaired) electrons. The van der Waals surface area contributed by atoms with Gasteiger partial charge in [-0.25, -0.2) is 0 Å². The van der Waals surface area contributed by atoms with Crippen LogP contribution in [-0.2, 0) is 4.79 Å². The van der Waals surface area contributed by atoms with Gasteiger partial charge in [0, 0.05) is 24.1 Å². The summed E-state index contributed by atoms with van der Waals surface area (Å²) in [6.45, 7) is 1.17. The molecule has 0 spiro atoms. The van der Waals surface area contributed by atoms with Gasteiger partial charge in [-0.05, 0) is 18.2 Å². The lowest BCUT2D eigenvalue weighted by molar-refractivity contribution is -0.141. The minimum absolute atomic E-state index is 0. The molecule has 0 aromatic heterocycles. The zero-order valence-corrected chi connectivity index (χ0v) is 10.9. The summed E-state index contributed by atoms with van der Waals surface area (Å²) in [4.78, 5) is 22.5. The minimum Gasteiger partial charge on any atom is -0.481 e. The lowest BCUT2D eigenvalue weighted by Gasteiger charge is -2.07. The molecule has 1 aromatic rings. The third kappa shape index (κ3) is 4.28. The summed E-state index contributed by atoms with van der Waals surface area (Å²) in [5, 5.41) is 9.15. The van der Waals surface area contributed by atoms with Crippen LogP contribution in [0, 0.1) is 5.89 Å². The van der Waals surface area contributed by atoms with Crippen LogP contribution in [0.25, 0.3) is 0 Å². The van der Waals surface area contributed by atoms with Gasteiger partial charge in [0.1, 0.15) is 0 Å². The second-order valence-electron chi connectivity index (χ2n) is 3.42. The van der Waals surface area contributed by atoms with Crippen LogP contribution in [0.4, 0.5) is 5.69 Å². The number of aliphatic carboxylic acids is 1. The number of anilines is 1. The van der Waals surface area contributed by atoms with Crippen molar-refractivity contribution in [1.29, 1.82) is 0 Å². The molecule has 6 heteroatoms. The van der Waals surface area contributed by atoms with Gasteiger partial charge in [-0.15, -0.1) is 0 Å². The van der Waals surface area contributed by atoms with E-state index < -0.39 is 24.1 Å². The number of carboxylic acid groups (broad SMARTS) is 1. The van der Waals surface area contributed by atoms with E-state index in [2.05, 4.69) is 0 Å². The molecule has 0 bridgehead atoms. The highest BCUT2D eigenvalue weighted by Gasteiger charge is 2.18. The molecule has 0 aliphatic carbocycles. The maximum Gasteiger partial charge on any atom is 0.306 e. The largest absolute Gasteiger partial charge is 0.481 e. The average Bonchev–Trinajstić information content (AvgIpc) is 2.15. The van der Waals surface area contributed by atoms with Crippen LogP contribution < -0.4 is 5.73 Å². The Morgan fingerprint density at radius 3 is 2.65 bits per heavy atom. The molecule has 4 nitrogen and oxygen atoms in total. The number of carbonyl (C=O) groups excluding carboxylic acids is 1. The number of Topliss-reactive ketones (excluding diaryl/α,β-unsaturated/α-hetero) is 1. The molecule has 1 atom stereocenters.